The first-order valence-corrected chi connectivity index (χ1v) is 11.0. The number of carbonyl (C=O) groups is 3. The molecule has 0 bridgehead atoms. The lowest BCUT2D eigenvalue weighted by molar-refractivity contribution is -0.132. The minimum absolute atomic E-state index is 0.108. The summed E-state index contributed by atoms with van der Waals surface area (Å²) in [6, 6.07) is 13.4. The highest BCUT2D eigenvalue weighted by Gasteiger charge is 2.48. The van der Waals surface area contributed by atoms with Crippen molar-refractivity contribution in [3.05, 3.63) is 82.6 Å². The number of amides is 1. The number of benzene rings is 2. The lowest BCUT2D eigenvalue weighted by Crippen LogP contribution is -2.29. The van der Waals surface area contributed by atoms with E-state index in [-0.39, 0.29) is 17.2 Å². The van der Waals surface area contributed by atoms with Crippen LogP contribution in [0.5, 0.6) is 5.75 Å². The second-order valence-electron chi connectivity index (χ2n) is 7.95. The van der Waals surface area contributed by atoms with Crippen molar-refractivity contribution in [1.82, 2.24) is 5.16 Å². The zero-order valence-electron chi connectivity index (χ0n) is 19.5. The number of esters is 1. The number of hydrogen-bond donors (Lipinski definition) is 1. The summed E-state index contributed by atoms with van der Waals surface area (Å²) in [4.78, 5) is 39.3. The Bertz CT molecular complexity index is 1290. The molecule has 0 saturated carbocycles. The van der Waals surface area contributed by atoms with Crippen LogP contribution in [0.3, 0.4) is 0 Å². The molecule has 1 amide bonds. The zero-order valence-corrected chi connectivity index (χ0v) is 19.5. The molecule has 35 heavy (non-hydrogen) atoms. The average molecular weight is 476 g/mol. The third-order valence-electron chi connectivity index (χ3n) is 5.55. The summed E-state index contributed by atoms with van der Waals surface area (Å²) in [5, 5.41) is 15.1. The van der Waals surface area contributed by atoms with Crippen LogP contribution in [-0.2, 0) is 14.3 Å². The summed E-state index contributed by atoms with van der Waals surface area (Å²) >= 11 is 0. The molecule has 1 saturated heterocycles. The molecule has 1 fully saturated rings. The van der Waals surface area contributed by atoms with Crippen molar-refractivity contribution in [3.8, 4) is 5.75 Å². The van der Waals surface area contributed by atoms with Gasteiger partial charge in [0.25, 0.3) is 5.78 Å². The Morgan fingerprint density at radius 2 is 1.74 bits per heavy atom. The van der Waals surface area contributed by atoms with Gasteiger partial charge in [0.2, 0.25) is 0 Å². The van der Waals surface area contributed by atoms with Gasteiger partial charge in [0.05, 0.1) is 30.9 Å². The number of aliphatic hydroxyl groups is 1. The second-order valence-corrected chi connectivity index (χ2v) is 7.95. The highest BCUT2D eigenvalue weighted by atomic mass is 16.5. The summed E-state index contributed by atoms with van der Waals surface area (Å²) in [6.45, 7) is 4.21. The van der Waals surface area contributed by atoms with E-state index in [0.717, 1.165) is 6.42 Å². The molecule has 0 radical (unpaired) electrons. The maximum Gasteiger partial charge on any atom is 0.337 e. The number of ether oxygens (including phenoxy) is 2. The summed E-state index contributed by atoms with van der Waals surface area (Å²) in [5.41, 5.74) is 1.03. The highest BCUT2D eigenvalue weighted by Crippen LogP contribution is 2.42. The van der Waals surface area contributed by atoms with Gasteiger partial charge in [-0.1, -0.05) is 24.2 Å². The number of rotatable bonds is 7. The molecular weight excluding hydrogens is 452 g/mol. The molecule has 1 atom stereocenters. The van der Waals surface area contributed by atoms with Crippen molar-refractivity contribution >= 4 is 29.2 Å². The van der Waals surface area contributed by atoms with Crippen LogP contribution >= 0.6 is 0 Å². The van der Waals surface area contributed by atoms with E-state index in [1.165, 1.54) is 30.2 Å². The molecule has 4 rings (SSSR count). The first kappa shape index (κ1) is 23.7. The number of aromatic nitrogens is 1. The Balaban J connectivity index is 1.83. The van der Waals surface area contributed by atoms with E-state index >= 15 is 0 Å². The maximum absolute atomic E-state index is 13.2. The predicted molar refractivity (Wildman–Crippen MR) is 126 cm³/mol. The Hall–Kier alpha value is -4.40. The van der Waals surface area contributed by atoms with Gasteiger partial charge in [-0.05, 0) is 55.3 Å². The standard InChI is InChI=1S/C26H24N2O7/c1-4-13-34-19-11-9-17(10-12-19)23(29)21-22(16-5-7-18(8-6-16)26(32)33-3)28(25(31)24(21)30)20-14-15(2)35-27-20/h5-12,14,22,29H,4,13H2,1-3H3/t22-/m0/s1. The SMILES string of the molecule is CCCOc1ccc(C(O)=C2C(=O)C(=O)N(c3cc(C)on3)[C@H]2c2ccc(C(=O)OC)cc2)cc1. The van der Waals surface area contributed by atoms with Gasteiger partial charge in [0, 0.05) is 11.6 Å². The maximum atomic E-state index is 13.2. The van der Waals surface area contributed by atoms with Gasteiger partial charge in [-0.2, -0.15) is 0 Å². The fourth-order valence-corrected chi connectivity index (χ4v) is 3.85. The molecule has 1 N–H and O–H groups in total. The molecule has 0 spiro atoms. The second kappa shape index (κ2) is 9.84. The fraction of sp³-hybridized carbons (Fsp3) is 0.231. The number of carbonyl (C=O) groups excluding carboxylic acids is 3. The normalized spacial score (nSPS) is 17.0. The molecule has 3 aromatic rings. The number of nitrogens with zero attached hydrogens (tertiary/aromatic N) is 2. The topological polar surface area (TPSA) is 119 Å². The third-order valence-corrected chi connectivity index (χ3v) is 5.55. The average Bonchev–Trinajstić information content (AvgIpc) is 3.42. The minimum Gasteiger partial charge on any atom is -0.507 e. The van der Waals surface area contributed by atoms with Gasteiger partial charge < -0.3 is 19.1 Å². The summed E-state index contributed by atoms with van der Waals surface area (Å²) < 4.78 is 15.4. The number of aliphatic hydroxyl groups excluding tert-OH is 1. The lowest BCUT2D eigenvalue weighted by Gasteiger charge is -2.23. The molecule has 1 aliphatic heterocycles. The molecule has 0 unspecified atom stereocenters. The predicted octanol–water partition coefficient (Wildman–Crippen LogP) is 4.18. The monoisotopic (exact) mass is 476 g/mol. The Labute approximate surface area is 201 Å². The molecule has 180 valence electrons. The molecule has 1 aliphatic rings. The van der Waals surface area contributed by atoms with Gasteiger partial charge in [-0.3, -0.25) is 14.5 Å². The Morgan fingerprint density at radius 3 is 2.31 bits per heavy atom. The van der Waals surface area contributed by atoms with E-state index in [2.05, 4.69) is 5.16 Å². The van der Waals surface area contributed by atoms with Crippen molar-refractivity contribution in [2.45, 2.75) is 26.3 Å². The zero-order chi connectivity index (χ0) is 25.1. The van der Waals surface area contributed by atoms with E-state index in [1.807, 2.05) is 6.92 Å². The van der Waals surface area contributed by atoms with E-state index in [4.69, 9.17) is 14.0 Å². The van der Waals surface area contributed by atoms with E-state index in [1.54, 1.807) is 43.3 Å². The molecule has 2 aromatic carbocycles. The van der Waals surface area contributed by atoms with Crippen molar-refractivity contribution < 1.29 is 33.5 Å². The van der Waals surface area contributed by atoms with Crippen LogP contribution in [0.4, 0.5) is 5.82 Å². The Morgan fingerprint density at radius 1 is 1.09 bits per heavy atom. The van der Waals surface area contributed by atoms with Crippen LogP contribution in [0.15, 0.2) is 64.7 Å². The number of hydrogen-bond acceptors (Lipinski definition) is 8. The number of aryl methyl sites for hydroxylation is 1. The van der Waals surface area contributed by atoms with E-state index < -0.39 is 23.7 Å². The lowest BCUT2D eigenvalue weighted by atomic mass is 9.94. The number of methoxy groups -OCH3 is 1. The fourth-order valence-electron chi connectivity index (χ4n) is 3.85. The van der Waals surface area contributed by atoms with Crippen molar-refractivity contribution in [1.29, 1.82) is 0 Å². The minimum atomic E-state index is -0.998. The summed E-state index contributed by atoms with van der Waals surface area (Å²) in [5.74, 6) is -1.38. The van der Waals surface area contributed by atoms with Gasteiger partial charge in [0.1, 0.15) is 17.3 Å². The molecule has 1 aromatic heterocycles. The van der Waals surface area contributed by atoms with Crippen molar-refractivity contribution in [3.63, 3.8) is 0 Å². The quantitative estimate of drug-likeness (QED) is 0.233. The largest absolute Gasteiger partial charge is 0.507 e. The van der Waals surface area contributed by atoms with Crippen LogP contribution in [0, 0.1) is 6.92 Å². The highest BCUT2D eigenvalue weighted by molar-refractivity contribution is 6.51. The number of anilines is 1. The van der Waals surface area contributed by atoms with Crippen LogP contribution in [0.2, 0.25) is 0 Å². The first-order chi connectivity index (χ1) is 16.8. The molecule has 2 heterocycles. The van der Waals surface area contributed by atoms with E-state index in [0.29, 0.717) is 34.8 Å². The first-order valence-electron chi connectivity index (χ1n) is 11.0. The third kappa shape index (κ3) is 4.52. The van der Waals surface area contributed by atoms with Crippen LogP contribution in [-0.4, -0.2) is 41.6 Å². The summed E-state index contributed by atoms with van der Waals surface area (Å²) in [6.07, 6.45) is 0.849. The van der Waals surface area contributed by atoms with Gasteiger partial charge >= 0.3 is 11.9 Å². The number of Topliss-reactive ketones (excluding diaryl/α,β-unsaturated/α-hetero) is 1. The Kier molecular flexibility index (Phi) is 6.68. The van der Waals surface area contributed by atoms with Crippen molar-refractivity contribution in [2.75, 3.05) is 18.6 Å². The van der Waals surface area contributed by atoms with Gasteiger partial charge in [-0.25, -0.2) is 4.79 Å². The van der Waals surface area contributed by atoms with E-state index in [9.17, 15) is 19.5 Å². The molecule has 9 heteroatoms. The van der Waals surface area contributed by atoms with Crippen LogP contribution < -0.4 is 9.64 Å². The van der Waals surface area contributed by atoms with Crippen molar-refractivity contribution in [2.24, 2.45) is 0 Å². The van der Waals surface area contributed by atoms with Gasteiger partial charge in [-0.15, -0.1) is 0 Å². The summed E-state index contributed by atoms with van der Waals surface area (Å²) in [7, 11) is 1.27. The van der Waals surface area contributed by atoms with Crippen LogP contribution in [0.1, 0.15) is 46.6 Å². The van der Waals surface area contributed by atoms with Gasteiger partial charge in [0.15, 0.2) is 5.82 Å². The number of ketones is 1. The molecule has 9 nitrogen and oxygen atoms in total. The molecule has 0 aliphatic carbocycles. The van der Waals surface area contributed by atoms with Crippen LogP contribution in [0.25, 0.3) is 5.76 Å². The molecular formula is C26H24N2O7. The smallest absolute Gasteiger partial charge is 0.337 e.